The maximum atomic E-state index is 17.1. The zero-order valence-electron chi connectivity index (χ0n) is 28.4. The molecule has 9 rings (SSSR count). The van der Waals surface area contributed by atoms with Gasteiger partial charge in [0.2, 0.25) is 5.88 Å². The van der Waals surface area contributed by atoms with Crippen molar-refractivity contribution < 1.29 is 23.4 Å². The maximum Gasteiger partial charge on any atom is 0.319 e. The Hall–Kier alpha value is -4.31. The van der Waals surface area contributed by atoms with Crippen molar-refractivity contribution in [2.75, 3.05) is 58.4 Å². The van der Waals surface area contributed by atoms with Crippen LogP contribution in [0.4, 0.5) is 14.6 Å². The number of terminal acetylenes is 1. The molecule has 6 heterocycles. The molecule has 1 saturated carbocycles. The van der Waals surface area contributed by atoms with E-state index in [-0.39, 0.29) is 68.9 Å². The smallest absolute Gasteiger partial charge is 0.319 e. The third kappa shape index (κ3) is 5.29. The van der Waals surface area contributed by atoms with Crippen molar-refractivity contribution in [2.24, 2.45) is 5.41 Å². The number of benzene rings is 2. The van der Waals surface area contributed by atoms with Gasteiger partial charge in [0.15, 0.2) is 5.82 Å². The predicted octanol–water partition coefficient (Wildman–Crippen LogP) is 4.70. The lowest BCUT2D eigenvalue weighted by Gasteiger charge is -2.40. The van der Waals surface area contributed by atoms with E-state index in [1.54, 1.807) is 0 Å². The van der Waals surface area contributed by atoms with Crippen LogP contribution in [0.25, 0.3) is 32.9 Å². The topological polar surface area (TPSA) is 99.1 Å². The van der Waals surface area contributed by atoms with Crippen molar-refractivity contribution in [3.63, 3.8) is 0 Å². The number of halogens is 2. The number of hydrogen-bond donors (Lipinski definition) is 2. The van der Waals surface area contributed by atoms with Gasteiger partial charge in [-0.25, -0.2) is 13.8 Å². The summed E-state index contributed by atoms with van der Waals surface area (Å²) < 4.78 is 45.0. The molecule has 1 aliphatic carbocycles. The van der Waals surface area contributed by atoms with Gasteiger partial charge >= 0.3 is 6.01 Å². The minimum absolute atomic E-state index is 0.00128. The van der Waals surface area contributed by atoms with Crippen molar-refractivity contribution in [3.8, 4) is 41.2 Å². The Labute approximate surface area is 289 Å². The molecular formula is C38H41F2N7O3. The first-order valence-corrected chi connectivity index (χ1v) is 17.7. The summed E-state index contributed by atoms with van der Waals surface area (Å²) in [5.41, 5.74) is -0.0423. The zero-order valence-corrected chi connectivity index (χ0v) is 28.4. The molecule has 3 saturated heterocycles. The molecule has 10 nitrogen and oxygen atoms in total. The summed E-state index contributed by atoms with van der Waals surface area (Å²) in [5, 5.41) is 15.5. The Bertz CT molecular complexity index is 2060. The van der Waals surface area contributed by atoms with Crippen molar-refractivity contribution in [1.82, 2.24) is 30.1 Å². The fraction of sp³-hybridized carbons (Fsp3) is 0.500. The van der Waals surface area contributed by atoms with Crippen LogP contribution >= 0.6 is 0 Å². The van der Waals surface area contributed by atoms with E-state index in [1.807, 2.05) is 0 Å². The largest absolute Gasteiger partial charge is 0.508 e. The van der Waals surface area contributed by atoms with Gasteiger partial charge in [0.05, 0.1) is 18.2 Å². The number of aromatic hydroxyl groups is 1. The molecule has 0 amide bonds. The third-order valence-electron chi connectivity index (χ3n) is 11.6. The van der Waals surface area contributed by atoms with Crippen molar-refractivity contribution >= 4 is 27.5 Å². The molecule has 4 aliphatic heterocycles. The van der Waals surface area contributed by atoms with Gasteiger partial charge in [-0.05, 0) is 82.8 Å². The Balaban J connectivity index is 1.15. The van der Waals surface area contributed by atoms with E-state index in [2.05, 4.69) is 40.0 Å². The number of piperazine rings is 1. The number of nitrogens with zero attached hydrogens (tertiary/aromatic N) is 6. The van der Waals surface area contributed by atoms with Crippen LogP contribution in [0.3, 0.4) is 0 Å². The summed E-state index contributed by atoms with van der Waals surface area (Å²) in [4.78, 5) is 21.5. The van der Waals surface area contributed by atoms with E-state index in [9.17, 15) is 5.11 Å². The fourth-order valence-corrected chi connectivity index (χ4v) is 8.73. The molecular weight excluding hydrogens is 640 g/mol. The van der Waals surface area contributed by atoms with Gasteiger partial charge in [-0.15, -0.1) is 6.42 Å². The van der Waals surface area contributed by atoms with Gasteiger partial charge < -0.3 is 34.6 Å². The number of ether oxygens (including phenoxy) is 2. The molecule has 260 valence electrons. The van der Waals surface area contributed by atoms with E-state index in [0.29, 0.717) is 42.4 Å². The summed E-state index contributed by atoms with van der Waals surface area (Å²) in [6, 6.07) is 6.62. The maximum absolute atomic E-state index is 17.1. The van der Waals surface area contributed by atoms with Crippen molar-refractivity contribution in [2.45, 2.75) is 62.7 Å². The second-order valence-electron chi connectivity index (χ2n) is 15.2. The molecule has 0 radical (unpaired) electrons. The lowest BCUT2D eigenvalue weighted by atomic mass is 9.95. The molecule has 2 aromatic heterocycles. The highest BCUT2D eigenvalue weighted by Gasteiger charge is 2.47. The number of rotatable bonds is 7. The molecule has 12 heteroatoms. The number of nitrogens with one attached hydrogen (secondary N) is 1. The number of fused-ring (bicyclic) bond motifs is 6. The molecule has 5 aliphatic rings. The highest BCUT2D eigenvalue weighted by Crippen LogP contribution is 2.48. The van der Waals surface area contributed by atoms with Crippen LogP contribution in [0.2, 0.25) is 0 Å². The first kappa shape index (κ1) is 31.7. The van der Waals surface area contributed by atoms with Gasteiger partial charge in [0.25, 0.3) is 0 Å². The SMILES string of the molecule is C#Cc1c(F)ccc2cc(O)cc(-c3nc4c5c(nc(OCC6(CN7CCC[C@@H](N(C)C)C7)CC6)nc5c3F)N3C[C@H]5CC[C@H](N5)[C@H]3CO4)c12. The minimum atomic E-state index is -0.749. The van der Waals surface area contributed by atoms with E-state index in [0.717, 1.165) is 45.3 Å². The molecule has 4 aromatic rings. The fourth-order valence-electron chi connectivity index (χ4n) is 8.73. The number of aromatic nitrogens is 3. The molecule has 2 bridgehead atoms. The summed E-state index contributed by atoms with van der Waals surface area (Å²) in [7, 11) is 4.30. The van der Waals surface area contributed by atoms with Gasteiger partial charge in [-0.2, -0.15) is 9.97 Å². The van der Waals surface area contributed by atoms with Gasteiger partial charge in [0.1, 0.15) is 40.6 Å². The van der Waals surface area contributed by atoms with E-state index < -0.39 is 11.6 Å². The Kier molecular flexibility index (Phi) is 7.53. The average molecular weight is 682 g/mol. The lowest BCUT2D eigenvalue weighted by molar-refractivity contribution is 0.0954. The second-order valence-corrected chi connectivity index (χ2v) is 15.2. The highest BCUT2D eigenvalue weighted by atomic mass is 19.1. The van der Waals surface area contributed by atoms with Crippen LogP contribution in [0.5, 0.6) is 17.6 Å². The summed E-state index contributed by atoms with van der Waals surface area (Å²) >= 11 is 0. The molecule has 2 N–H and O–H groups in total. The third-order valence-corrected chi connectivity index (χ3v) is 11.6. The Morgan fingerprint density at radius 2 is 1.98 bits per heavy atom. The van der Waals surface area contributed by atoms with Crippen molar-refractivity contribution in [3.05, 3.63) is 41.5 Å². The lowest BCUT2D eigenvalue weighted by Crippen LogP contribution is -2.60. The van der Waals surface area contributed by atoms with Gasteiger partial charge in [-0.3, -0.25) is 0 Å². The monoisotopic (exact) mass is 681 g/mol. The normalized spacial score (nSPS) is 25.3. The number of likely N-dealkylation sites (tertiary alicyclic amines) is 1. The molecule has 0 unspecified atom stereocenters. The van der Waals surface area contributed by atoms with E-state index in [4.69, 9.17) is 30.8 Å². The van der Waals surface area contributed by atoms with Gasteiger partial charge in [-0.1, -0.05) is 12.0 Å². The van der Waals surface area contributed by atoms with Crippen LogP contribution in [0, 0.1) is 29.4 Å². The Morgan fingerprint density at radius 3 is 2.78 bits per heavy atom. The van der Waals surface area contributed by atoms with Crippen LogP contribution < -0.4 is 19.7 Å². The first-order chi connectivity index (χ1) is 24.2. The van der Waals surface area contributed by atoms with Crippen LogP contribution in [-0.2, 0) is 0 Å². The number of pyridine rings is 1. The van der Waals surface area contributed by atoms with Crippen LogP contribution in [0.15, 0.2) is 24.3 Å². The molecule has 0 spiro atoms. The number of piperidine rings is 1. The molecule has 4 fully saturated rings. The first-order valence-electron chi connectivity index (χ1n) is 17.7. The summed E-state index contributed by atoms with van der Waals surface area (Å²) in [6.07, 6.45) is 12.3. The molecule has 50 heavy (non-hydrogen) atoms. The molecule has 4 atom stereocenters. The number of phenols is 1. The number of phenolic OH excluding ortho intramolecular Hbond substituents is 1. The van der Waals surface area contributed by atoms with Gasteiger partial charge in [0, 0.05) is 54.1 Å². The number of likely N-dealkylation sites (N-methyl/N-ethyl adjacent to an activating group) is 1. The quantitative estimate of drug-likeness (QED) is 0.267. The minimum Gasteiger partial charge on any atom is -0.508 e. The summed E-state index contributed by atoms with van der Waals surface area (Å²) in [5.74, 6) is 1.62. The second kappa shape index (κ2) is 11.9. The predicted molar refractivity (Wildman–Crippen MR) is 187 cm³/mol. The van der Waals surface area contributed by atoms with Crippen LogP contribution in [0.1, 0.15) is 44.1 Å². The van der Waals surface area contributed by atoms with E-state index in [1.165, 1.54) is 37.1 Å². The summed E-state index contributed by atoms with van der Waals surface area (Å²) in [6.45, 7) is 4.49. The number of anilines is 1. The van der Waals surface area contributed by atoms with Crippen molar-refractivity contribution in [1.29, 1.82) is 0 Å². The zero-order chi connectivity index (χ0) is 34.3. The number of hydrogen-bond acceptors (Lipinski definition) is 10. The highest BCUT2D eigenvalue weighted by molar-refractivity contribution is 6.04. The molecule has 2 aromatic carbocycles. The average Bonchev–Trinajstić information content (AvgIpc) is 3.80. The van der Waals surface area contributed by atoms with Crippen LogP contribution in [-0.4, -0.2) is 108 Å². The standard InChI is InChI=1S/C38H41F2N7O3/c1-4-25-27(39)9-7-21-14-24(48)15-26(30(21)25)33-32(40)34-31-35(47-16-22-8-10-28(41-22)29(47)18-49-36(31)42-33)44-37(43-34)50-20-38(11-12-38)19-46-13-5-6-23(17-46)45(2)3/h1,7,9,14-15,22-23,28-29,41,48H,5-6,8,10-13,16-20H2,2-3H3/t22-,23-,28+,29-/m1/s1. The van der Waals surface area contributed by atoms with E-state index >= 15 is 8.78 Å². The Morgan fingerprint density at radius 1 is 1.12 bits per heavy atom.